The Hall–Kier alpha value is -2.64. The molecule has 0 amide bonds. The molecule has 1 aliphatic rings. The lowest BCUT2D eigenvalue weighted by Crippen LogP contribution is -2.64. The lowest BCUT2D eigenvalue weighted by Gasteiger charge is -2.43. The Morgan fingerprint density at radius 1 is 0.536 bits per heavy atom. The molecule has 0 aromatic rings. The molecule has 1 rings (SSSR count). The Kier molecular flexibility index (Phi) is 36.3. The molecule has 0 aromatic heterocycles. The molecular formula is C49H84O18P2. The Morgan fingerprint density at radius 2 is 1.03 bits per heavy atom. The van der Waals surface area contributed by atoms with E-state index in [1.807, 2.05) is 12.2 Å². The van der Waals surface area contributed by atoms with Gasteiger partial charge < -0.3 is 54.8 Å². The molecule has 69 heavy (non-hydrogen) atoms. The van der Waals surface area contributed by atoms with Crippen LogP contribution in [0.3, 0.4) is 0 Å². The molecular weight excluding hydrogens is 938 g/mol. The van der Waals surface area contributed by atoms with E-state index in [0.29, 0.717) is 44.9 Å². The molecule has 9 N–H and O–H groups in total. The van der Waals surface area contributed by atoms with Gasteiger partial charge in [0.1, 0.15) is 43.2 Å². The molecule has 398 valence electrons. The molecule has 0 aliphatic heterocycles. The van der Waals surface area contributed by atoms with Crippen LogP contribution in [0, 0.1) is 0 Å². The molecule has 0 bridgehead atoms. The van der Waals surface area contributed by atoms with Crippen LogP contribution in [0.1, 0.15) is 155 Å². The van der Waals surface area contributed by atoms with Crippen molar-refractivity contribution >= 4 is 27.6 Å². The third kappa shape index (κ3) is 32.9. The number of phosphoric acid groups is 2. The summed E-state index contributed by atoms with van der Waals surface area (Å²) in [7, 11) is -10.8. The molecule has 0 saturated heterocycles. The van der Waals surface area contributed by atoms with Crippen LogP contribution in [0.5, 0.6) is 0 Å². The van der Waals surface area contributed by atoms with Gasteiger partial charge in [-0.2, -0.15) is 0 Å². The van der Waals surface area contributed by atoms with Crippen molar-refractivity contribution in [3.63, 3.8) is 0 Å². The minimum atomic E-state index is -5.39. The molecule has 5 unspecified atom stereocenters. The number of carbonyl (C=O) groups excluding carboxylic acids is 2. The summed E-state index contributed by atoms with van der Waals surface area (Å²) >= 11 is 0. The molecule has 1 aliphatic carbocycles. The normalized spacial score (nSPS) is 22.7. The van der Waals surface area contributed by atoms with E-state index in [4.69, 9.17) is 18.5 Å². The van der Waals surface area contributed by atoms with Crippen LogP contribution in [0.4, 0.5) is 0 Å². The van der Waals surface area contributed by atoms with Crippen LogP contribution < -0.4 is 0 Å². The predicted molar refractivity (Wildman–Crippen MR) is 262 cm³/mol. The molecule has 20 heteroatoms. The number of hydrogen-bond donors (Lipinski definition) is 9. The Balaban J connectivity index is 2.65. The summed E-state index contributed by atoms with van der Waals surface area (Å²) in [5, 5.41) is 61.8. The fraction of sp³-hybridized carbons (Fsp3) is 0.714. The summed E-state index contributed by atoms with van der Waals surface area (Å²) in [5.74, 6) is -1.36. The third-order valence-corrected chi connectivity index (χ3v) is 12.5. The van der Waals surface area contributed by atoms with Gasteiger partial charge in [0.2, 0.25) is 0 Å². The van der Waals surface area contributed by atoms with Gasteiger partial charge in [0.15, 0.2) is 6.10 Å². The molecule has 18 nitrogen and oxygen atoms in total. The Labute approximate surface area is 409 Å². The van der Waals surface area contributed by atoms with Gasteiger partial charge >= 0.3 is 27.6 Å². The first-order chi connectivity index (χ1) is 32.9. The van der Waals surface area contributed by atoms with Gasteiger partial charge in [-0.25, -0.2) is 9.13 Å². The van der Waals surface area contributed by atoms with E-state index in [9.17, 15) is 64.0 Å². The highest BCUT2D eigenvalue weighted by Crippen LogP contribution is 2.49. The maximum Gasteiger partial charge on any atom is 0.472 e. The second-order valence-corrected chi connectivity index (χ2v) is 19.7. The summed E-state index contributed by atoms with van der Waals surface area (Å²) < 4.78 is 49.3. The first kappa shape index (κ1) is 64.4. The van der Waals surface area contributed by atoms with E-state index in [2.05, 4.69) is 79.1 Å². The fourth-order valence-electron chi connectivity index (χ4n) is 7.02. The number of ether oxygens (including phenoxy) is 2. The zero-order valence-electron chi connectivity index (χ0n) is 40.7. The van der Waals surface area contributed by atoms with Gasteiger partial charge in [-0.1, -0.05) is 132 Å². The van der Waals surface area contributed by atoms with E-state index in [0.717, 1.165) is 83.5 Å². The molecule has 0 radical (unpaired) electrons. The number of esters is 2. The van der Waals surface area contributed by atoms with Crippen molar-refractivity contribution in [3.8, 4) is 0 Å². The fourth-order valence-corrected chi connectivity index (χ4v) is 8.55. The summed E-state index contributed by atoms with van der Waals surface area (Å²) in [4.78, 5) is 54.4. The first-order valence-electron chi connectivity index (χ1n) is 24.6. The van der Waals surface area contributed by atoms with Crippen LogP contribution >= 0.6 is 15.6 Å². The van der Waals surface area contributed by atoms with Crippen LogP contribution in [0.2, 0.25) is 0 Å². The van der Waals surface area contributed by atoms with Crippen molar-refractivity contribution in [3.05, 3.63) is 72.9 Å². The highest BCUT2D eigenvalue weighted by Gasteiger charge is 2.54. The monoisotopic (exact) mass is 1020 g/mol. The van der Waals surface area contributed by atoms with E-state index in [1.165, 1.54) is 0 Å². The number of unbranched alkanes of at least 4 members (excludes halogenated alkanes) is 10. The average Bonchev–Trinajstić information content (AvgIpc) is 3.30. The Bertz CT molecular complexity index is 1640. The highest BCUT2D eigenvalue weighted by molar-refractivity contribution is 7.47. The topological polar surface area (TPSA) is 296 Å². The number of aliphatic hydroxyl groups excluding tert-OH is 6. The minimum absolute atomic E-state index is 0.0103. The maximum absolute atomic E-state index is 13.0. The molecule has 1 fully saturated rings. The highest BCUT2D eigenvalue weighted by atomic mass is 31.2. The van der Waals surface area contributed by atoms with Crippen molar-refractivity contribution in [2.75, 3.05) is 13.2 Å². The standard InChI is InChI=1S/C49H84O18P2/c1-3-5-7-9-11-12-13-14-15-16-17-18-19-20-21-22-23-27-32-36-43(53)65-39(38-64-69(61,62)67-49-46(56)44(54)45(55)48(47(49)57)66-68(58,59)60)37-63-42(52)35-31-28-24-26-30-34-41(51)40(50)33-29-25-10-8-6-4-2/h5,7,11-12,14-15,17-18,20-21,25,29,39-41,44-51,54-57H,3-4,6,8-10,13,16,19,22-24,26-28,30-38H2,1-2H3,(H,61,62)(H2,58,59,60)/b7-5-,12-11-,15-14-,18-17-,21-20-,29-25-/t39-,40-,41-,44?,45?,46?,47?,48-,49+/m1/s1. The van der Waals surface area contributed by atoms with Crippen molar-refractivity contribution < 1.29 is 87.1 Å². The van der Waals surface area contributed by atoms with Gasteiger partial charge in [-0.05, 0) is 83.5 Å². The van der Waals surface area contributed by atoms with Gasteiger partial charge in [0, 0.05) is 12.8 Å². The van der Waals surface area contributed by atoms with E-state index in [-0.39, 0.29) is 12.8 Å². The maximum atomic E-state index is 13.0. The van der Waals surface area contributed by atoms with Crippen molar-refractivity contribution in [1.29, 1.82) is 0 Å². The van der Waals surface area contributed by atoms with Crippen LogP contribution in [0.15, 0.2) is 72.9 Å². The number of hydrogen-bond acceptors (Lipinski definition) is 15. The zero-order chi connectivity index (χ0) is 51.3. The predicted octanol–water partition coefficient (Wildman–Crippen LogP) is 7.56. The number of aliphatic hydroxyl groups is 6. The summed E-state index contributed by atoms with van der Waals surface area (Å²) in [6, 6.07) is 0. The minimum Gasteiger partial charge on any atom is -0.462 e. The molecule has 0 spiro atoms. The van der Waals surface area contributed by atoms with Gasteiger partial charge in [-0.3, -0.25) is 23.2 Å². The Morgan fingerprint density at radius 3 is 1.61 bits per heavy atom. The van der Waals surface area contributed by atoms with Gasteiger partial charge in [0.05, 0.1) is 18.8 Å². The second-order valence-electron chi connectivity index (χ2n) is 17.1. The van der Waals surface area contributed by atoms with Gasteiger partial charge in [0.25, 0.3) is 0 Å². The van der Waals surface area contributed by atoms with Crippen molar-refractivity contribution in [1.82, 2.24) is 0 Å². The van der Waals surface area contributed by atoms with Crippen molar-refractivity contribution in [2.45, 2.75) is 210 Å². The molecule has 0 aromatic carbocycles. The summed E-state index contributed by atoms with van der Waals surface area (Å²) in [6.45, 7) is 2.78. The lowest BCUT2D eigenvalue weighted by atomic mass is 9.85. The third-order valence-electron chi connectivity index (χ3n) is 11.0. The second kappa shape index (κ2) is 39.0. The largest absolute Gasteiger partial charge is 0.472 e. The number of carbonyl (C=O) groups is 2. The molecule has 0 heterocycles. The SMILES string of the molecule is CC/C=C\C/C=C\C/C=C\C/C=C\C/C=C\CCCCCC(=O)O[C@H](COC(=O)CCCCCCC[C@@H](O)[C@H](O)C/C=C\CCCCC)COP(=O)(O)O[C@H]1C(O)C(O)C(O)[C@@H](OP(=O)(O)O)C1O. The quantitative estimate of drug-likeness (QED) is 0.0124. The summed E-state index contributed by atoms with van der Waals surface area (Å²) in [5.41, 5.74) is 0. The van der Waals surface area contributed by atoms with E-state index < -0.39 is 95.7 Å². The number of phosphoric ester groups is 2. The molecule has 10 atom stereocenters. The zero-order valence-corrected chi connectivity index (χ0v) is 42.5. The van der Waals surface area contributed by atoms with Gasteiger partial charge in [-0.15, -0.1) is 0 Å². The lowest BCUT2D eigenvalue weighted by molar-refractivity contribution is -0.216. The number of rotatable bonds is 40. The summed E-state index contributed by atoms with van der Waals surface area (Å²) in [6.07, 6.45) is 24.3. The first-order valence-corrected chi connectivity index (χ1v) is 27.7. The van der Waals surface area contributed by atoms with Crippen LogP contribution in [-0.2, 0) is 41.8 Å². The molecule has 1 saturated carbocycles. The van der Waals surface area contributed by atoms with E-state index in [1.54, 1.807) is 0 Å². The van der Waals surface area contributed by atoms with Crippen molar-refractivity contribution in [2.24, 2.45) is 0 Å². The smallest absolute Gasteiger partial charge is 0.462 e. The number of allylic oxidation sites excluding steroid dienone is 11. The van der Waals surface area contributed by atoms with Crippen LogP contribution in [0.25, 0.3) is 0 Å². The average molecular weight is 1020 g/mol. The van der Waals surface area contributed by atoms with E-state index >= 15 is 0 Å². The van der Waals surface area contributed by atoms with Crippen LogP contribution in [-0.4, -0.2) is 125 Å².